The molecule has 0 heterocycles. The summed E-state index contributed by atoms with van der Waals surface area (Å²) in [4.78, 5) is 23.4. The number of hydrogen-bond acceptors (Lipinski definition) is 6. The van der Waals surface area contributed by atoms with Gasteiger partial charge in [-0.3, -0.25) is 4.79 Å². The standard InChI is InChI=1S/C25H38O6.Na/c1-6-25(4,5)24(30)31-21-12-15(2)11-17-8-7-16(3)20(23(17)21)10-9-18(26)13-19(27)14-22(28)29;/h7-8,11,16,18-21,23,26-27H,2,6,9-10,12-14H2,1,3-5H3,(H,28,29);/q;+1/p-1/t16-,18+,19+,20-,21-,23-;/m0./s1. The molecule has 6 atom stereocenters. The summed E-state index contributed by atoms with van der Waals surface area (Å²) in [5.74, 6) is -1.14. The number of carboxylic acid groups (broad SMARTS) is 1. The largest absolute Gasteiger partial charge is 1.00 e. The zero-order valence-electron chi connectivity index (χ0n) is 20.2. The second-order valence-electron chi connectivity index (χ2n) is 9.79. The van der Waals surface area contributed by atoms with Gasteiger partial charge >= 0.3 is 35.5 Å². The van der Waals surface area contributed by atoms with Crippen LogP contribution in [0, 0.1) is 23.2 Å². The molecular weight excluding hydrogens is 419 g/mol. The molecule has 2 aliphatic rings. The van der Waals surface area contributed by atoms with Gasteiger partial charge in [0.05, 0.1) is 17.6 Å². The van der Waals surface area contributed by atoms with Crippen LogP contribution >= 0.6 is 0 Å². The van der Waals surface area contributed by atoms with Crippen molar-refractivity contribution in [1.82, 2.24) is 0 Å². The SMILES string of the molecule is C=C1C=C2C=C[C@H](C)[C@H](CC[C@@H](O)C[C@@H](O)CC(=O)[O-])[C@H]2[C@@H](OC(=O)C(C)(C)CC)C1.[Na+]. The van der Waals surface area contributed by atoms with Crippen LogP contribution in [0.5, 0.6) is 0 Å². The van der Waals surface area contributed by atoms with E-state index in [-0.39, 0.29) is 65.8 Å². The number of carbonyl (C=O) groups excluding carboxylic acids is 2. The van der Waals surface area contributed by atoms with Crippen LogP contribution in [0.25, 0.3) is 0 Å². The number of carbonyl (C=O) groups is 2. The maximum absolute atomic E-state index is 12.8. The van der Waals surface area contributed by atoms with E-state index < -0.39 is 30.0 Å². The fourth-order valence-corrected chi connectivity index (χ4v) is 4.50. The third kappa shape index (κ3) is 7.84. The van der Waals surface area contributed by atoms with E-state index in [0.717, 1.165) is 11.1 Å². The summed E-state index contributed by atoms with van der Waals surface area (Å²) in [5.41, 5.74) is 1.47. The predicted molar refractivity (Wildman–Crippen MR) is 117 cm³/mol. The minimum absolute atomic E-state index is 0. The Morgan fingerprint density at radius 2 is 1.97 bits per heavy atom. The van der Waals surface area contributed by atoms with E-state index in [9.17, 15) is 24.9 Å². The maximum atomic E-state index is 12.8. The number of hydrogen-bond donors (Lipinski definition) is 2. The van der Waals surface area contributed by atoms with Crippen LogP contribution in [-0.4, -0.2) is 40.5 Å². The van der Waals surface area contributed by atoms with Gasteiger partial charge in [-0.15, -0.1) is 0 Å². The normalized spacial score (nSPS) is 26.9. The number of aliphatic carboxylic acids is 1. The van der Waals surface area contributed by atoms with Crippen molar-refractivity contribution in [2.24, 2.45) is 23.2 Å². The van der Waals surface area contributed by atoms with E-state index in [2.05, 4.69) is 31.7 Å². The number of rotatable bonds is 10. The van der Waals surface area contributed by atoms with E-state index in [1.54, 1.807) is 0 Å². The quantitative estimate of drug-likeness (QED) is 0.345. The summed E-state index contributed by atoms with van der Waals surface area (Å²) < 4.78 is 6.03. The van der Waals surface area contributed by atoms with E-state index in [1.807, 2.05) is 20.8 Å². The Labute approximate surface area is 214 Å². The van der Waals surface area contributed by atoms with Crippen molar-refractivity contribution in [2.75, 3.05) is 0 Å². The van der Waals surface area contributed by atoms with Crippen LogP contribution in [0.2, 0.25) is 0 Å². The Kier molecular flexibility index (Phi) is 11.4. The molecule has 0 radical (unpaired) electrons. The average Bonchev–Trinajstić information content (AvgIpc) is 2.66. The molecular formula is C25H37NaO6. The third-order valence-corrected chi connectivity index (χ3v) is 6.82. The molecule has 2 N–H and O–H groups in total. The molecule has 0 unspecified atom stereocenters. The second kappa shape index (κ2) is 12.5. The van der Waals surface area contributed by atoms with Gasteiger partial charge in [0.15, 0.2) is 0 Å². The summed E-state index contributed by atoms with van der Waals surface area (Å²) in [5, 5.41) is 30.7. The summed E-state index contributed by atoms with van der Waals surface area (Å²) in [6.07, 6.45) is 5.94. The molecule has 6 nitrogen and oxygen atoms in total. The third-order valence-electron chi connectivity index (χ3n) is 6.82. The zero-order valence-corrected chi connectivity index (χ0v) is 22.2. The fourth-order valence-electron chi connectivity index (χ4n) is 4.50. The van der Waals surface area contributed by atoms with Gasteiger partial charge in [0.2, 0.25) is 0 Å². The summed E-state index contributed by atoms with van der Waals surface area (Å²) >= 11 is 0. The van der Waals surface area contributed by atoms with Gasteiger partial charge in [-0.1, -0.05) is 44.2 Å². The number of fused-ring (bicyclic) bond motifs is 1. The maximum Gasteiger partial charge on any atom is 1.00 e. The molecule has 0 saturated heterocycles. The number of carboxylic acids is 1. The molecule has 0 bridgehead atoms. The molecule has 2 rings (SSSR count). The summed E-state index contributed by atoms with van der Waals surface area (Å²) in [6.45, 7) is 12.0. The summed E-state index contributed by atoms with van der Waals surface area (Å²) in [6, 6.07) is 0. The Hall–Kier alpha value is -0.920. The molecule has 7 heteroatoms. The van der Waals surface area contributed by atoms with E-state index in [0.29, 0.717) is 25.7 Å². The van der Waals surface area contributed by atoms with E-state index in [1.165, 1.54) is 0 Å². The van der Waals surface area contributed by atoms with Gasteiger partial charge < -0.3 is 24.9 Å². The van der Waals surface area contributed by atoms with Gasteiger partial charge in [-0.25, -0.2) is 0 Å². The first-order chi connectivity index (χ1) is 14.4. The molecule has 0 amide bonds. The van der Waals surface area contributed by atoms with Gasteiger partial charge in [0.25, 0.3) is 0 Å². The monoisotopic (exact) mass is 456 g/mol. The van der Waals surface area contributed by atoms with Crippen LogP contribution in [0.15, 0.2) is 36.0 Å². The molecule has 0 fully saturated rings. The topological polar surface area (TPSA) is 107 Å². The molecule has 0 aromatic heterocycles. The van der Waals surface area contributed by atoms with Crippen molar-refractivity contribution >= 4 is 11.9 Å². The smallest absolute Gasteiger partial charge is 0.550 e. The summed E-state index contributed by atoms with van der Waals surface area (Å²) in [7, 11) is 0. The van der Waals surface area contributed by atoms with Crippen molar-refractivity contribution in [3.8, 4) is 0 Å². The van der Waals surface area contributed by atoms with Gasteiger partial charge in [-0.2, -0.15) is 0 Å². The second-order valence-corrected chi connectivity index (χ2v) is 9.79. The van der Waals surface area contributed by atoms with Gasteiger partial charge in [0, 0.05) is 24.7 Å². The minimum atomic E-state index is -1.33. The number of ether oxygens (including phenoxy) is 1. The van der Waals surface area contributed by atoms with Crippen LogP contribution < -0.4 is 34.7 Å². The van der Waals surface area contributed by atoms with Crippen molar-refractivity contribution < 1.29 is 59.2 Å². The first-order valence-electron chi connectivity index (χ1n) is 11.3. The molecule has 2 aliphatic carbocycles. The molecule has 0 aromatic carbocycles. The Balaban J connectivity index is 0.00000512. The molecule has 0 saturated carbocycles. The van der Waals surface area contributed by atoms with Crippen molar-refractivity contribution in [3.05, 3.63) is 36.0 Å². The van der Waals surface area contributed by atoms with Crippen molar-refractivity contribution in [2.45, 2.75) is 84.5 Å². The number of allylic oxidation sites excluding steroid dienone is 3. The van der Waals surface area contributed by atoms with Crippen molar-refractivity contribution in [1.29, 1.82) is 0 Å². The zero-order chi connectivity index (χ0) is 23.3. The minimum Gasteiger partial charge on any atom is -0.550 e. The Morgan fingerprint density at radius 1 is 1.31 bits per heavy atom. The molecule has 0 aliphatic heterocycles. The number of aliphatic hydroxyl groups excluding tert-OH is 2. The first kappa shape index (κ1) is 29.1. The molecule has 0 aromatic rings. The molecule has 0 spiro atoms. The number of aliphatic hydroxyl groups is 2. The van der Waals surface area contributed by atoms with Crippen LogP contribution in [0.1, 0.15) is 66.2 Å². The predicted octanol–water partition coefficient (Wildman–Crippen LogP) is -0.305. The van der Waals surface area contributed by atoms with Gasteiger partial charge in [-0.05, 0) is 56.9 Å². The fraction of sp³-hybridized carbons (Fsp3) is 0.680. The van der Waals surface area contributed by atoms with Crippen molar-refractivity contribution in [3.63, 3.8) is 0 Å². The Bertz CT molecular complexity index is 741. The van der Waals surface area contributed by atoms with Crippen LogP contribution in [-0.2, 0) is 14.3 Å². The number of esters is 1. The van der Waals surface area contributed by atoms with E-state index >= 15 is 0 Å². The van der Waals surface area contributed by atoms with Crippen LogP contribution in [0.3, 0.4) is 0 Å². The first-order valence-corrected chi connectivity index (χ1v) is 11.3. The average molecular weight is 457 g/mol. The van der Waals surface area contributed by atoms with Gasteiger partial charge in [0.1, 0.15) is 6.10 Å². The van der Waals surface area contributed by atoms with Crippen LogP contribution in [0.4, 0.5) is 0 Å². The van der Waals surface area contributed by atoms with E-state index in [4.69, 9.17) is 4.74 Å². The molecule has 32 heavy (non-hydrogen) atoms. The molecule has 174 valence electrons. The Morgan fingerprint density at radius 3 is 2.56 bits per heavy atom.